The van der Waals surface area contributed by atoms with Crippen molar-refractivity contribution in [1.82, 2.24) is 10.7 Å². The molecule has 0 aliphatic heterocycles. The third-order valence-corrected chi connectivity index (χ3v) is 1.74. The normalized spacial score (nSPS) is 9.29. The second kappa shape index (κ2) is 5.08. The van der Waals surface area contributed by atoms with Crippen molar-refractivity contribution in [2.75, 3.05) is 7.11 Å². The summed E-state index contributed by atoms with van der Waals surface area (Å²) in [5.74, 6) is 5.69. The molecule has 76 valence electrons. The summed E-state index contributed by atoms with van der Waals surface area (Å²) in [6.45, 7) is 0.438. The minimum Gasteiger partial charge on any atom is -0.497 e. The summed E-state index contributed by atoms with van der Waals surface area (Å²) in [7, 11) is 1.61. The zero-order valence-corrected chi connectivity index (χ0v) is 7.91. The molecule has 0 aliphatic rings. The molecule has 0 bridgehead atoms. The minimum atomic E-state index is -0.402. The molecule has 14 heavy (non-hydrogen) atoms. The highest BCUT2D eigenvalue weighted by molar-refractivity contribution is 5.72. The summed E-state index contributed by atoms with van der Waals surface area (Å²) < 4.78 is 5.00. The van der Waals surface area contributed by atoms with Gasteiger partial charge in [-0.3, -0.25) is 5.43 Å². The van der Waals surface area contributed by atoms with Crippen molar-refractivity contribution in [3.63, 3.8) is 0 Å². The molecule has 0 aromatic heterocycles. The van der Waals surface area contributed by atoms with Crippen LogP contribution in [0.4, 0.5) is 4.79 Å². The third kappa shape index (κ3) is 2.95. The lowest BCUT2D eigenvalue weighted by molar-refractivity contribution is 0.241. The summed E-state index contributed by atoms with van der Waals surface area (Å²) in [6, 6.07) is 7.00. The molecule has 0 aliphatic carbocycles. The van der Waals surface area contributed by atoms with Crippen molar-refractivity contribution in [1.29, 1.82) is 0 Å². The van der Waals surface area contributed by atoms with E-state index in [-0.39, 0.29) is 0 Å². The average molecular weight is 195 g/mol. The monoisotopic (exact) mass is 195 g/mol. The Hall–Kier alpha value is -1.75. The van der Waals surface area contributed by atoms with E-state index in [2.05, 4.69) is 5.32 Å². The number of nitrogens with two attached hydrogens (primary N) is 1. The fraction of sp³-hybridized carbons (Fsp3) is 0.222. The number of methoxy groups -OCH3 is 1. The molecule has 5 nitrogen and oxygen atoms in total. The Labute approximate surface area is 82.2 Å². The number of rotatable bonds is 3. The van der Waals surface area contributed by atoms with Crippen molar-refractivity contribution in [2.24, 2.45) is 5.84 Å². The SMILES string of the molecule is COc1ccc(CNC(=O)NN)cc1. The van der Waals surface area contributed by atoms with Crippen LogP contribution in [0.15, 0.2) is 24.3 Å². The lowest BCUT2D eigenvalue weighted by Crippen LogP contribution is -2.39. The van der Waals surface area contributed by atoms with Crippen LogP contribution in [0.1, 0.15) is 5.56 Å². The van der Waals surface area contributed by atoms with Crippen LogP contribution in [0.25, 0.3) is 0 Å². The van der Waals surface area contributed by atoms with Crippen LogP contribution in [0.2, 0.25) is 0 Å². The maximum atomic E-state index is 10.7. The molecule has 0 radical (unpaired) electrons. The first-order chi connectivity index (χ1) is 6.76. The Balaban J connectivity index is 2.47. The van der Waals surface area contributed by atoms with E-state index in [9.17, 15) is 4.79 Å². The predicted octanol–water partition coefficient (Wildman–Crippen LogP) is 0.368. The highest BCUT2D eigenvalue weighted by Crippen LogP contribution is 2.10. The number of benzene rings is 1. The summed E-state index contributed by atoms with van der Waals surface area (Å²) in [4.78, 5) is 10.7. The molecule has 0 heterocycles. The quantitative estimate of drug-likeness (QED) is 0.370. The van der Waals surface area contributed by atoms with Gasteiger partial charge in [-0.2, -0.15) is 0 Å². The largest absolute Gasteiger partial charge is 0.497 e. The third-order valence-electron chi connectivity index (χ3n) is 1.74. The van der Waals surface area contributed by atoms with Crippen LogP contribution in [-0.2, 0) is 6.54 Å². The number of ether oxygens (including phenoxy) is 1. The molecule has 0 saturated heterocycles. The van der Waals surface area contributed by atoms with Crippen molar-refractivity contribution in [3.05, 3.63) is 29.8 Å². The molecular weight excluding hydrogens is 182 g/mol. The molecule has 2 amide bonds. The number of urea groups is 1. The Morgan fingerprint density at radius 2 is 2.07 bits per heavy atom. The van der Waals surface area contributed by atoms with E-state index in [1.54, 1.807) is 7.11 Å². The summed E-state index contributed by atoms with van der Waals surface area (Å²) in [5, 5.41) is 2.57. The van der Waals surface area contributed by atoms with Gasteiger partial charge < -0.3 is 10.1 Å². The molecule has 0 fully saturated rings. The standard InChI is InChI=1S/C9H13N3O2/c1-14-8-4-2-7(3-5-8)6-11-9(13)12-10/h2-5H,6,10H2,1H3,(H2,11,12,13). The van der Waals surface area contributed by atoms with Gasteiger partial charge >= 0.3 is 6.03 Å². The van der Waals surface area contributed by atoms with Gasteiger partial charge in [0.25, 0.3) is 0 Å². The molecule has 0 unspecified atom stereocenters. The zero-order valence-electron chi connectivity index (χ0n) is 7.91. The van der Waals surface area contributed by atoms with Gasteiger partial charge in [-0.05, 0) is 17.7 Å². The van der Waals surface area contributed by atoms with E-state index in [1.807, 2.05) is 29.7 Å². The zero-order chi connectivity index (χ0) is 10.4. The van der Waals surface area contributed by atoms with E-state index in [4.69, 9.17) is 10.6 Å². The first-order valence-electron chi connectivity index (χ1n) is 4.13. The van der Waals surface area contributed by atoms with Gasteiger partial charge in [0.15, 0.2) is 0 Å². The highest BCUT2D eigenvalue weighted by atomic mass is 16.5. The topological polar surface area (TPSA) is 76.4 Å². The lowest BCUT2D eigenvalue weighted by Gasteiger charge is -2.05. The average Bonchev–Trinajstić information content (AvgIpc) is 2.26. The van der Waals surface area contributed by atoms with Gasteiger partial charge in [-0.15, -0.1) is 0 Å². The van der Waals surface area contributed by atoms with Gasteiger partial charge in [-0.1, -0.05) is 12.1 Å². The van der Waals surface area contributed by atoms with E-state index in [1.165, 1.54) is 0 Å². The first kappa shape index (κ1) is 10.3. The fourth-order valence-electron chi connectivity index (χ4n) is 0.977. The number of carbonyl (C=O) groups is 1. The molecule has 1 rings (SSSR count). The van der Waals surface area contributed by atoms with E-state index in [0.29, 0.717) is 6.54 Å². The Bertz CT molecular complexity index is 297. The number of hydrazine groups is 1. The Morgan fingerprint density at radius 3 is 2.57 bits per heavy atom. The molecule has 0 atom stereocenters. The Morgan fingerprint density at radius 1 is 1.43 bits per heavy atom. The van der Waals surface area contributed by atoms with Crippen LogP contribution in [0.3, 0.4) is 0 Å². The number of carbonyl (C=O) groups excluding carboxylic acids is 1. The van der Waals surface area contributed by atoms with Gasteiger partial charge in [0.05, 0.1) is 7.11 Å². The van der Waals surface area contributed by atoms with Gasteiger partial charge in [0.1, 0.15) is 5.75 Å². The van der Waals surface area contributed by atoms with Crippen molar-refractivity contribution in [3.8, 4) is 5.75 Å². The molecule has 0 saturated carbocycles. The van der Waals surface area contributed by atoms with Crippen molar-refractivity contribution in [2.45, 2.75) is 6.54 Å². The molecular formula is C9H13N3O2. The smallest absolute Gasteiger partial charge is 0.329 e. The van der Waals surface area contributed by atoms with Crippen LogP contribution in [0.5, 0.6) is 5.75 Å². The van der Waals surface area contributed by atoms with Crippen LogP contribution < -0.4 is 21.3 Å². The number of nitrogens with one attached hydrogen (secondary N) is 2. The Kier molecular flexibility index (Phi) is 3.75. The number of hydrogen-bond donors (Lipinski definition) is 3. The second-order valence-corrected chi connectivity index (χ2v) is 2.68. The first-order valence-corrected chi connectivity index (χ1v) is 4.13. The summed E-state index contributed by atoms with van der Waals surface area (Å²) in [6.07, 6.45) is 0. The van der Waals surface area contributed by atoms with Crippen LogP contribution in [0, 0.1) is 0 Å². The number of hydrogen-bond acceptors (Lipinski definition) is 3. The maximum absolute atomic E-state index is 10.7. The van der Waals surface area contributed by atoms with Gasteiger partial charge in [0, 0.05) is 6.54 Å². The predicted molar refractivity (Wildman–Crippen MR) is 52.6 cm³/mol. The molecule has 0 spiro atoms. The minimum absolute atomic E-state index is 0.402. The van der Waals surface area contributed by atoms with E-state index < -0.39 is 6.03 Å². The van der Waals surface area contributed by atoms with Gasteiger partial charge in [-0.25, -0.2) is 10.6 Å². The molecule has 1 aromatic rings. The van der Waals surface area contributed by atoms with Crippen LogP contribution in [-0.4, -0.2) is 13.1 Å². The highest BCUT2D eigenvalue weighted by Gasteiger charge is 1.97. The van der Waals surface area contributed by atoms with E-state index >= 15 is 0 Å². The maximum Gasteiger partial charge on any atom is 0.329 e. The summed E-state index contributed by atoms with van der Waals surface area (Å²) >= 11 is 0. The van der Waals surface area contributed by atoms with Crippen LogP contribution >= 0.6 is 0 Å². The molecule has 5 heteroatoms. The van der Waals surface area contributed by atoms with E-state index in [0.717, 1.165) is 11.3 Å². The summed E-state index contributed by atoms with van der Waals surface area (Å²) in [5.41, 5.74) is 2.96. The lowest BCUT2D eigenvalue weighted by atomic mass is 10.2. The van der Waals surface area contributed by atoms with Crippen molar-refractivity contribution >= 4 is 6.03 Å². The van der Waals surface area contributed by atoms with Crippen molar-refractivity contribution < 1.29 is 9.53 Å². The fourth-order valence-corrected chi connectivity index (χ4v) is 0.977. The second-order valence-electron chi connectivity index (χ2n) is 2.68. The molecule has 4 N–H and O–H groups in total. The molecule has 1 aromatic carbocycles. The number of amides is 2. The van der Waals surface area contributed by atoms with Gasteiger partial charge in [0.2, 0.25) is 0 Å².